The average molecular weight is 308 g/mol. The predicted molar refractivity (Wildman–Crippen MR) is 75.8 cm³/mol. The van der Waals surface area contributed by atoms with E-state index in [1.807, 2.05) is 36.4 Å². The Morgan fingerprint density at radius 2 is 1.83 bits per heavy atom. The molecule has 0 amide bonds. The molecule has 0 aromatic heterocycles. The topological polar surface area (TPSA) is 26.0 Å². The molecule has 1 atom stereocenters. The Morgan fingerprint density at radius 3 is 2.50 bits per heavy atom. The first-order valence-corrected chi connectivity index (χ1v) is 6.70. The molecule has 0 aliphatic carbocycles. The molecular formula is C15H15BrFN. The van der Waals surface area contributed by atoms with Gasteiger partial charge in [0.15, 0.2) is 0 Å². The van der Waals surface area contributed by atoms with Crippen molar-refractivity contribution >= 4 is 15.9 Å². The van der Waals surface area contributed by atoms with Crippen molar-refractivity contribution in [3.05, 3.63) is 69.9 Å². The van der Waals surface area contributed by atoms with Gasteiger partial charge in [0.1, 0.15) is 5.82 Å². The number of benzene rings is 2. The summed E-state index contributed by atoms with van der Waals surface area (Å²) in [5, 5.41) is 0. The molecule has 0 aliphatic heterocycles. The zero-order valence-corrected chi connectivity index (χ0v) is 11.5. The molecule has 2 rings (SSSR count). The van der Waals surface area contributed by atoms with Gasteiger partial charge in [-0.1, -0.05) is 46.3 Å². The second kappa shape index (κ2) is 6.12. The molecule has 0 heterocycles. The van der Waals surface area contributed by atoms with Crippen molar-refractivity contribution in [3.63, 3.8) is 0 Å². The highest BCUT2D eigenvalue weighted by molar-refractivity contribution is 9.10. The molecule has 0 radical (unpaired) electrons. The van der Waals surface area contributed by atoms with Crippen LogP contribution in [0.5, 0.6) is 0 Å². The summed E-state index contributed by atoms with van der Waals surface area (Å²) in [5.74, 6) is -0.215. The highest BCUT2D eigenvalue weighted by atomic mass is 79.9. The average Bonchev–Trinajstić information content (AvgIpc) is 2.36. The van der Waals surface area contributed by atoms with Crippen LogP contribution in [-0.2, 0) is 6.42 Å². The van der Waals surface area contributed by atoms with E-state index in [0.717, 1.165) is 28.4 Å². The molecule has 2 aromatic carbocycles. The van der Waals surface area contributed by atoms with Crippen molar-refractivity contribution in [2.24, 2.45) is 5.73 Å². The molecule has 0 saturated carbocycles. The SMILES string of the molecule is NC(CCc1cc(F)cc(Br)c1)c1ccccc1. The summed E-state index contributed by atoms with van der Waals surface area (Å²) in [5.41, 5.74) is 8.20. The number of aryl methyl sites for hydroxylation is 1. The van der Waals surface area contributed by atoms with Gasteiger partial charge in [0.05, 0.1) is 0 Å². The summed E-state index contributed by atoms with van der Waals surface area (Å²) in [4.78, 5) is 0. The fourth-order valence-corrected chi connectivity index (χ4v) is 2.46. The van der Waals surface area contributed by atoms with Crippen molar-refractivity contribution in [2.75, 3.05) is 0 Å². The number of hydrogen-bond acceptors (Lipinski definition) is 1. The maximum atomic E-state index is 13.2. The van der Waals surface area contributed by atoms with Crippen LogP contribution >= 0.6 is 15.9 Å². The Hall–Kier alpha value is -1.19. The molecule has 94 valence electrons. The molecule has 3 heteroatoms. The number of hydrogen-bond donors (Lipinski definition) is 1. The monoisotopic (exact) mass is 307 g/mol. The van der Waals surface area contributed by atoms with Gasteiger partial charge in [-0.2, -0.15) is 0 Å². The summed E-state index contributed by atoms with van der Waals surface area (Å²) in [6, 6.07) is 14.9. The van der Waals surface area contributed by atoms with Crippen molar-refractivity contribution < 1.29 is 4.39 Å². The number of rotatable bonds is 4. The minimum atomic E-state index is -0.215. The first kappa shape index (κ1) is 13.2. The Kier molecular flexibility index (Phi) is 4.50. The molecule has 0 aliphatic rings. The van der Waals surface area contributed by atoms with Crippen LogP contribution < -0.4 is 5.73 Å². The smallest absolute Gasteiger partial charge is 0.124 e. The van der Waals surface area contributed by atoms with Crippen LogP contribution in [-0.4, -0.2) is 0 Å². The van der Waals surface area contributed by atoms with Crippen molar-refractivity contribution in [1.82, 2.24) is 0 Å². The van der Waals surface area contributed by atoms with Gasteiger partial charge in [0.25, 0.3) is 0 Å². The Balaban J connectivity index is 1.99. The first-order valence-electron chi connectivity index (χ1n) is 5.90. The fraction of sp³-hybridized carbons (Fsp3) is 0.200. The van der Waals surface area contributed by atoms with Crippen molar-refractivity contribution in [3.8, 4) is 0 Å². The van der Waals surface area contributed by atoms with E-state index >= 15 is 0 Å². The van der Waals surface area contributed by atoms with Crippen LogP contribution in [0.4, 0.5) is 4.39 Å². The Labute approximate surface area is 115 Å². The largest absolute Gasteiger partial charge is 0.324 e. The van der Waals surface area contributed by atoms with Gasteiger partial charge in [-0.05, 0) is 42.2 Å². The molecule has 18 heavy (non-hydrogen) atoms. The summed E-state index contributed by atoms with van der Waals surface area (Å²) < 4.78 is 14.0. The van der Waals surface area contributed by atoms with E-state index < -0.39 is 0 Å². The highest BCUT2D eigenvalue weighted by Gasteiger charge is 2.06. The predicted octanol–water partition coefficient (Wildman–Crippen LogP) is 4.22. The van der Waals surface area contributed by atoms with Crippen LogP contribution in [0.3, 0.4) is 0 Å². The van der Waals surface area contributed by atoms with E-state index in [4.69, 9.17) is 5.73 Å². The zero-order valence-electron chi connectivity index (χ0n) is 9.94. The molecule has 0 bridgehead atoms. The molecule has 2 N–H and O–H groups in total. The van der Waals surface area contributed by atoms with E-state index in [0.29, 0.717) is 0 Å². The summed E-state index contributed by atoms with van der Waals surface area (Å²) >= 11 is 3.29. The number of halogens is 2. The van der Waals surface area contributed by atoms with E-state index in [2.05, 4.69) is 15.9 Å². The van der Waals surface area contributed by atoms with E-state index in [9.17, 15) is 4.39 Å². The minimum absolute atomic E-state index is 0.00626. The molecule has 1 unspecified atom stereocenters. The second-order valence-electron chi connectivity index (χ2n) is 4.33. The van der Waals surface area contributed by atoms with E-state index in [1.54, 1.807) is 6.07 Å². The van der Waals surface area contributed by atoms with Gasteiger partial charge >= 0.3 is 0 Å². The third-order valence-corrected chi connectivity index (χ3v) is 3.35. The highest BCUT2D eigenvalue weighted by Crippen LogP contribution is 2.20. The molecule has 0 spiro atoms. The van der Waals surface area contributed by atoms with Crippen LogP contribution in [0.2, 0.25) is 0 Å². The lowest BCUT2D eigenvalue weighted by atomic mass is 10.00. The van der Waals surface area contributed by atoms with Crippen LogP contribution in [0.15, 0.2) is 53.0 Å². The molecule has 0 saturated heterocycles. The molecular weight excluding hydrogens is 293 g/mol. The first-order chi connectivity index (χ1) is 8.65. The summed E-state index contributed by atoms with van der Waals surface area (Å²) in [6.07, 6.45) is 1.58. The maximum Gasteiger partial charge on any atom is 0.124 e. The quantitative estimate of drug-likeness (QED) is 0.899. The minimum Gasteiger partial charge on any atom is -0.324 e. The third kappa shape index (κ3) is 3.65. The van der Waals surface area contributed by atoms with Crippen LogP contribution in [0, 0.1) is 5.82 Å². The maximum absolute atomic E-state index is 13.2. The zero-order chi connectivity index (χ0) is 13.0. The van der Waals surface area contributed by atoms with Gasteiger partial charge in [-0.15, -0.1) is 0 Å². The van der Waals surface area contributed by atoms with Crippen molar-refractivity contribution in [1.29, 1.82) is 0 Å². The molecule has 1 nitrogen and oxygen atoms in total. The van der Waals surface area contributed by atoms with Crippen LogP contribution in [0.25, 0.3) is 0 Å². The second-order valence-corrected chi connectivity index (χ2v) is 5.25. The number of nitrogens with two attached hydrogens (primary N) is 1. The lowest BCUT2D eigenvalue weighted by Gasteiger charge is -2.12. The third-order valence-electron chi connectivity index (χ3n) is 2.89. The van der Waals surface area contributed by atoms with Gasteiger partial charge in [-0.3, -0.25) is 0 Å². The van der Waals surface area contributed by atoms with E-state index in [1.165, 1.54) is 6.07 Å². The normalized spacial score (nSPS) is 12.4. The Bertz CT molecular complexity index is 493. The van der Waals surface area contributed by atoms with Crippen molar-refractivity contribution in [2.45, 2.75) is 18.9 Å². The van der Waals surface area contributed by atoms with Gasteiger partial charge in [0, 0.05) is 10.5 Å². The summed E-state index contributed by atoms with van der Waals surface area (Å²) in [7, 11) is 0. The molecule has 2 aromatic rings. The van der Waals surface area contributed by atoms with Gasteiger partial charge in [0.2, 0.25) is 0 Å². The van der Waals surface area contributed by atoms with E-state index in [-0.39, 0.29) is 11.9 Å². The van der Waals surface area contributed by atoms with Crippen LogP contribution in [0.1, 0.15) is 23.6 Å². The standard InChI is InChI=1S/C15H15BrFN/c16-13-8-11(9-14(17)10-13)6-7-15(18)12-4-2-1-3-5-12/h1-5,8-10,15H,6-7,18H2. The van der Waals surface area contributed by atoms with Gasteiger partial charge < -0.3 is 5.73 Å². The lowest BCUT2D eigenvalue weighted by Crippen LogP contribution is -2.11. The molecule has 0 fully saturated rings. The fourth-order valence-electron chi connectivity index (χ4n) is 1.94. The summed E-state index contributed by atoms with van der Waals surface area (Å²) in [6.45, 7) is 0. The van der Waals surface area contributed by atoms with Gasteiger partial charge in [-0.25, -0.2) is 4.39 Å². The lowest BCUT2D eigenvalue weighted by molar-refractivity contribution is 0.616. The Morgan fingerprint density at radius 1 is 1.11 bits per heavy atom.